The van der Waals surface area contributed by atoms with E-state index in [0.29, 0.717) is 28.6 Å². The third kappa shape index (κ3) is 3.77. The molecule has 156 valence electrons. The van der Waals surface area contributed by atoms with Crippen LogP contribution in [0.3, 0.4) is 0 Å². The lowest BCUT2D eigenvalue weighted by Gasteiger charge is -2.24. The molecule has 1 saturated carbocycles. The summed E-state index contributed by atoms with van der Waals surface area (Å²) < 4.78 is 14.7. The Balaban J connectivity index is 1.46. The Bertz CT molecular complexity index is 1080. The molecule has 0 radical (unpaired) electrons. The number of nitrogens with one attached hydrogen (secondary N) is 2. The van der Waals surface area contributed by atoms with Crippen LogP contribution in [-0.4, -0.2) is 51.0 Å². The second kappa shape index (κ2) is 8.22. The first kappa shape index (κ1) is 20.0. The third-order valence-electron chi connectivity index (χ3n) is 5.79. The quantitative estimate of drug-likeness (QED) is 0.677. The van der Waals surface area contributed by atoms with Gasteiger partial charge >= 0.3 is 0 Å². The van der Waals surface area contributed by atoms with Crippen LogP contribution in [0.4, 0.5) is 4.39 Å². The van der Waals surface area contributed by atoms with Gasteiger partial charge in [0.2, 0.25) is 5.91 Å². The van der Waals surface area contributed by atoms with Crippen LogP contribution in [0.5, 0.6) is 0 Å². The molecule has 7 nitrogen and oxygen atoms in total. The fraction of sp³-hybridized carbons (Fsp3) is 0.364. The van der Waals surface area contributed by atoms with Crippen molar-refractivity contribution in [3.63, 3.8) is 0 Å². The lowest BCUT2D eigenvalue weighted by molar-refractivity contribution is -0.121. The predicted molar refractivity (Wildman–Crippen MR) is 111 cm³/mol. The second-order valence-corrected chi connectivity index (χ2v) is 7.67. The number of halogens is 1. The molecular formula is C22H24FN5O2. The SMILES string of the molecule is CCC(=O)N[C@H]1CC[C@@H](N(C)C(=O)c2ccc(-c3ccc4[nH]ccc4c3F)nn2)C1. The van der Waals surface area contributed by atoms with Crippen LogP contribution in [0, 0.1) is 5.82 Å². The average molecular weight is 409 g/mol. The maximum atomic E-state index is 14.7. The predicted octanol–water partition coefficient (Wildman–Crippen LogP) is 3.28. The maximum Gasteiger partial charge on any atom is 0.274 e. The molecule has 30 heavy (non-hydrogen) atoms. The molecule has 4 rings (SSSR count). The van der Waals surface area contributed by atoms with Crippen LogP contribution in [0.25, 0.3) is 22.2 Å². The highest BCUT2D eigenvalue weighted by molar-refractivity contribution is 5.92. The van der Waals surface area contributed by atoms with Crippen molar-refractivity contribution in [3.05, 3.63) is 48.0 Å². The number of hydrogen-bond donors (Lipinski definition) is 2. The van der Waals surface area contributed by atoms with Gasteiger partial charge in [-0.25, -0.2) is 4.39 Å². The Morgan fingerprint density at radius 2 is 2.03 bits per heavy atom. The number of nitrogens with zero attached hydrogens (tertiary/aromatic N) is 3. The van der Waals surface area contributed by atoms with Crippen molar-refractivity contribution in [2.45, 2.75) is 44.7 Å². The number of H-pyrrole nitrogens is 1. The molecule has 0 saturated heterocycles. The smallest absolute Gasteiger partial charge is 0.274 e. The standard InChI is InChI=1S/C22H24FN5O2/c1-3-20(29)25-13-4-5-14(12-13)28(2)22(30)19-9-8-18(26-27-19)15-6-7-17-16(21(15)23)10-11-24-17/h6-11,13-14,24H,3-5,12H2,1-2H3,(H,25,29)/t13-,14+/m0/s1. The van der Waals surface area contributed by atoms with Crippen LogP contribution >= 0.6 is 0 Å². The monoisotopic (exact) mass is 409 g/mol. The number of carbonyl (C=O) groups excluding carboxylic acids is 2. The molecule has 0 aliphatic heterocycles. The number of rotatable bonds is 5. The van der Waals surface area contributed by atoms with E-state index in [2.05, 4.69) is 20.5 Å². The normalized spacial score (nSPS) is 18.5. The van der Waals surface area contributed by atoms with Crippen molar-refractivity contribution >= 4 is 22.7 Å². The van der Waals surface area contributed by atoms with E-state index in [9.17, 15) is 14.0 Å². The summed E-state index contributed by atoms with van der Waals surface area (Å²) in [6.07, 6.45) is 4.53. The molecule has 3 aromatic rings. The summed E-state index contributed by atoms with van der Waals surface area (Å²) in [6, 6.07) is 8.43. The summed E-state index contributed by atoms with van der Waals surface area (Å²) in [5.74, 6) is -0.574. The van der Waals surface area contributed by atoms with Gasteiger partial charge in [0.05, 0.1) is 5.69 Å². The van der Waals surface area contributed by atoms with Crippen molar-refractivity contribution < 1.29 is 14.0 Å². The van der Waals surface area contributed by atoms with E-state index >= 15 is 0 Å². The first-order chi connectivity index (χ1) is 14.5. The highest BCUT2D eigenvalue weighted by Crippen LogP contribution is 2.28. The molecule has 2 amide bonds. The van der Waals surface area contributed by atoms with Crippen molar-refractivity contribution in [1.29, 1.82) is 0 Å². The number of carbonyl (C=O) groups is 2. The number of fused-ring (bicyclic) bond motifs is 1. The first-order valence-corrected chi connectivity index (χ1v) is 10.1. The van der Waals surface area contributed by atoms with Gasteiger partial charge in [0.15, 0.2) is 5.69 Å². The van der Waals surface area contributed by atoms with E-state index in [4.69, 9.17) is 0 Å². The van der Waals surface area contributed by atoms with Crippen molar-refractivity contribution in [2.75, 3.05) is 7.05 Å². The van der Waals surface area contributed by atoms with Gasteiger partial charge in [0.25, 0.3) is 5.91 Å². The maximum absolute atomic E-state index is 14.7. The summed E-state index contributed by atoms with van der Waals surface area (Å²) in [7, 11) is 1.74. The van der Waals surface area contributed by atoms with Gasteiger partial charge in [-0.15, -0.1) is 10.2 Å². The minimum Gasteiger partial charge on any atom is -0.361 e. The summed E-state index contributed by atoms with van der Waals surface area (Å²) >= 11 is 0. The first-order valence-electron chi connectivity index (χ1n) is 10.1. The topological polar surface area (TPSA) is 91.0 Å². The molecule has 1 aliphatic carbocycles. The van der Waals surface area contributed by atoms with Crippen molar-refractivity contribution in [2.24, 2.45) is 0 Å². The Hall–Kier alpha value is -3.29. The fourth-order valence-electron chi connectivity index (χ4n) is 4.00. The van der Waals surface area contributed by atoms with Crippen molar-refractivity contribution in [3.8, 4) is 11.3 Å². The largest absolute Gasteiger partial charge is 0.361 e. The van der Waals surface area contributed by atoms with Crippen molar-refractivity contribution in [1.82, 2.24) is 25.4 Å². The molecule has 8 heteroatoms. The number of hydrogen-bond acceptors (Lipinski definition) is 4. The van der Waals surface area contributed by atoms with Crippen LogP contribution < -0.4 is 5.32 Å². The van der Waals surface area contributed by atoms with Gasteiger partial charge in [-0.3, -0.25) is 9.59 Å². The molecule has 2 aromatic heterocycles. The summed E-state index contributed by atoms with van der Waals surface area (Å²) in [4.78, 5) is 29.1. The van der Waals surface area contributed by atoms with E-state index < -0.39 is 0 Å². The zero-order chi connectivity index (χ0) is 21.3. The van der Waals surface area contributed by atoms with Gasteiger partial charge in [0.1, 0.15) is 5.82 Å². The number of aromatic amines is 1. The Kier molecular flexibility index (Phi) is 5.48. The van der Waals surface area contributed by atoms with Crippen LogP contribution in [0.2, 0.25) is 0 Å². The van der Waals surface area contributed by atoms with Gasteiger partial charge in [-0.05, 0) is 49.6 Å². The summed E-state index contributed by atoms with van der Waals surface area (Å²) in [5, 5.41) is 11.6. The molecule has 0 spiro atoms. The zero-order valence-corrected chi connectivity index (χ0v) is 17.0. The average Bonchev–Trinajstić information content (AvgIpc) is 3.43. The van der Waals surface area contributed by atoms with Gasteiger partial charge in [-0.1, -0.05) is 6.92 Å². The van der Waals surface area contributed by atoms with Gasteiger partial charge in [0, 0.05) is 48.2 Å². The molecule has 1 aliphatic rings. The third-order valence-corrected chi connectivity index (χ3v) is 5.79. The Morgan fingerprint density at radius 3 is 2.77 bits per heavy atom. The zero-order valence-electron chi connectivity index (χ0n) is 17.0. The Morgan fingerprint density at radius 1 is 1.20 bits per heavy atom. The molecule has 2 atom stereocenters. The number of amides is 2. The van der Waals surface area contributed by atoms with E-state index in [0.717, 1.165) is 19.3 Å². The summed E-state index contributed by atoms with van der Waals surface area (Å²) in [6.45, 7) is 1.82. The lowest BCUT2D eigenvalue weighted by atomic mass is 10.1. The van der Waals surface area contributed by atoms with Crippen LogP contribution in [0.1, 0.15) is 43.1 Å². The second-order valence-electron chi connectivity index (χ2n) is 7.67. The molecule has 2 heterocycles. The molecule has 2 N–H and O–H groups in total. The van der Waals surface area contributed by atoms with Gasteiger partial charge in [-0.2, -0.15) is 0 Å². The molecule has 1 fully saturated rings. The van der Waals surface area contributed by atoms with E-state index in [1.165, 1.54) is 0 Å². The molecule has 1 aromatic carbocycles. The van der Waals surface area contributed by atoms with Gasteiger partial charge < -0.3 is 15.2 Å². The highest BCUT2D eigenvalue weighted by Gasteiger charge is 2.31. The Labute approximate surface area is 173 Å². The van der Waals surface area contributed by atoms with E-state index in [1.54, 1.807) is 48.5 Å². The van der Waals surface area contributed by atoms with E-state index in [1.807, 2.05) is 6.92 Å². The van der Waals surface area contributed by atoms with Crippen LogP contribution in [-0.2, 0) is 4.79 Å². The fourth-order valence-corrected chi connectivity index (χ4v) is 4.00. The van der Waals surface area contributed by atoms with Crippen LogP contribution in [0.15, 0.2) is 36.5 Å². The molecule has 0 unspecified atom stereocenters. The lowest BCUT2D eigenvalue weighted by Crippen LogP contribution is -2.38. The summed E-state index contributed by atoms with van der Waals surface area (Å²) in [5.41, 5.74) is 1.64. The minimum atomic E-state index is -0.370. The van der Waals surface area contributed by atoms with E-state index in [-0.39, 0.29) is 35.4 Å². The number of benzene rings is 1. The highest BCUT2D eigenvalue weighted by atomic mass is 19.1. The minimum absolute atomic E-state index is 0.0288. The molecule has 0 bridgehead atoms. The number of aromatic nitrogens is 3. The molecular weight excluding hydrogens is 385 g/mol.